The number of rotatable bonds is 16. The number of esters is 1. The Morgan fingerprint density at radius 2 is 1.39 bits per heavy atom. The highest BCUT2D eigenvalue weighted by Crippen LogP contribution is 2.44. The van der Waals surface area contributed by atoms with Crippen LogP contribution in [0, 0.1) is 6.92 Å². The number of fused-ring (bicyclic) bond motifs is 1. The molecule has 67 heavy (non-hydrogen) atoms. The third-order valence-corrected chi connectivity index (χ3v) is 15.0. The maximum absolute atomic E-state index is 14.6. The lowest BCUT2D eigenvalue weighted by Crippen LogP contribution is -2.71. The second kappa shape index (κ2) is 20.3. The molecule has 5 aromatic carbocycles. The Morgan fingerprint density at radius 3 is 1.91 bits per heavy atom. The molecule has 336 valence electrons. The molecule has 2 aliphatic heterocycles. The molecule has 2 N–H and O–H groups in total. The monoisotopic (exact) mass is 961 g/mol. The number of nitrogens with one attached hydrogen (secondary N) is 2. The van der Waals surface area contributed by atoms with Gasteiger partial charge in [-0.25, -0.2) is 9.78 Å². The van der Waals surface area contributed by atoms with E-state index in [1.807, 2.05) is 135 Å². The third-order valence-electron chi connectivity index (χ3n) is 11.1. The molecule has 2 aromatic heterocycles. The van der Waals surface area contributed by atoms with Crippen LogP contribution in [0.15, 0.2) is 189 Å². The highest BCUT2D eigenvalue weighted by atomic mass is 32.2. The van der Waals surface area contributed by atoms with Crippen LogP contribution in [0.5, 0.6) is 0 Å². The van der Waals surface area contributed by atoms with Gasteiger partial charge in [-0.1, -0.05) is 180 Å². The number of anilines is 1. The summed E-state index contributed by atoms with van der Waals surface area (Å²) in [6.07, 6.45) is 1.13. The number of allylic oxidation sites excluding steroid dienone is 2. The highest BCUT2D eigenvalue weighted by Gasteiger charge is 2.55. The van der Waals surface area contributed by atoms with Crippen molar-refractivity contribution in [2.24, 2.45) is 5.16 Å². The molecule has 7 aromatic rings. The zero-order valence-electron chi connectivity index (χ0n) is 36.4. The zero-order valence-corrected chi connectivity index (χ0v) is 39.7. The van der Waals surface area contributed by atoms with E-state index in [4.69, 9.17) is 14.6 Å². The number of ether oxygens (including phenoxy) is 1. The minimum absolute atomic E-state index is 0.115. The molecule has 2 aliphatic rings. The number of thioether (sulfide) groups is 2. The van der Waals surface area contributed by atoms with Crippen molar-refractivity contribution >= 4 is 74.8 Å². The summed E-state index contributed by atoms with van der Waals surface area (Å²) in [5.41, 5.74) is 4.49. The summed E-state index contributed by atoms with van der Waals surface area (Å²) in [5.74, 6) is -1.45. The molecule has 0 spiro atoms. The molecule has 1 saturated heterocycles. The smallest absolute Gasteiger partial charge is 0.356 e. The summed E-state index contributed by atoms with van der Waals surface area (Å²) >= 11 is 5.65. The van der Waals surface area contributed by atoms with Gasteiger partial charge in [0.15, 0.2) is 21.3 Å². The van der Waals surface area contributed by atoms with Gasteiger partial charge in [0, 0.05) is 11.1 Å². The highest BCUT2D eigenvalue weighted by molar-refractivity contribution is 8.04. The lowest BCUT2D eigenvalue weighted by Gasteiger charge is -2.49. The second-order valence-electron chi connectivity index (χ2n) is 15.4. The Morgan fingerprint density at radius 1 is 0.836 bits per heavy atom. The number of carbonyl (C=O) groups excluding carboxylic acids is 3. The number of β-lactam (4-membered cyclic amide) rings is 1. The number of aryl methyl sites for hydroxylation is 1. The van der Waals surface area contributed by atoms with Crippen molar-refractivity contribution in [2.45, 2.75) is 41.2 Å². The first-order valence-electron chi connectivity index (χ1n) is 21.2. The number of oxime groups is 1. The molecule has 0 saturated carbocycles. The predicted molar refractivity (Wildman–Crippen MR) is 266 cm³/mol. The van der Waals surface area contributed by atoms with Gasteiger partial charge in [0.1, 0.15) is 40.5 Å². The minimum Gasteiger partial charge on any atom is -0.448 e. The lowest BCUT2D eigenvalue weighted by atomic mass is 9.77. The first kappa shape index (κ1) is 45.3. The number of benzene rings is 5. The molecule has 12 nitrogen and oxygen atoms in total. The molecule has 0 aliphatic carbocycles. The molecule has 1 fully saturated rings. The summed E-state index contributed by atoms with van der Waals surface area (Å²) < 4.78 is 7.13. The van der Waals surface area contributed by atoms with Crippen LogP contribution in [0.4, 0.5) is 5.13 Å². The molecule has 4 heterocycles. The topological polar surface area (TPSA) is 148 Å². The maximum atomic E-state index is 14.6. The Kier molecular flexibility index (Phi) is 13.8. The Hall–Kier alpha value is -6.85. The average molecular weight is 962 g/mol. The van der Waals surface area contributed by atoms with Crippen LogP contribution in [-0.2, 0) is 29.5 Å². The van der Waals surface area contributed by atoms with Crippen LogP contribution in [0.3, 0.4) is 0 Å². The van der Waals surface area contributed by atoms with E-state index >= 15 is 0 Å². The van der Waals surface area contributed by atoms with Crippen molar-refractivity contribution < 1.29 is 24.0 Å². The van der Waals surface area contributed by atoms with Crippen LogP contribution < -0.4 is 10.6 Å². The normalized spacial score (nSPS) is 16.3. The van der Waals surface area contributed by atoms with E-state index in [1.165, 1.54) is 58.2 Å². The Bertz CT molecular complexity index is 2830. The fraction of sp³-hybridized carbons (Fsp3) is 0.157. The van der Waals surface area contributed by atoms with E-state index < -0.39 is 40.8 Å². The summed E-state index contributed by atoms with van der Waals surface area (Å²) in [6.45, 7) is 3.81. The summed E-state index contributed by atoms with van der Waals surface area (Å²) in [4.78, 5) is 55.7. The van der Waals surface area contributed by atoms with E-state index in [-0.39, 0.29) is 17.1 Å². The van der Waals surface area contributed by atoms with Gasteiger partial charge >= 0.3 is 5.97 Å². The molecule has 0 bridgehead atoms. The maximum Gasteiger partial charge on any atom is 0.356 e. The van der Waals surface area contributed by atoms with Gasteiger partial charge in [-0.05, 0) is 58.2 Å². The molecule has 0 radical (unpaired) electrons. The standard InChI is InChI=1S/C51H43N7O5S4/c1-32(66-50-56-55-33(2)67-50)29-36-30-64-47-42(46(60)58(47)43(36)48(61)63-44(34-19-9-4-10-20-34)35-21-11-5-12-22-35)53-45(59)41(57-62-3)40-31-65-49(52-40)54-51(37-23-13-6-14-24-37,38-25-15-7-16-26-38)39-27-17-8-18-28-39/h4-29,31,42,44,47H,30H2,1-3H3,(H,52,54)(H,53,59)/b32-29+,57-41+. The third kappa shape index (κ3) is 9.56. The van der Waals surface area contributed by atoms with Gasteiger partial charge in [-0.15, -0.1) is 33.3 Å². The van der Waals surface area contributed by atoms with Gasteiger partial charge in [0.05, 0.1) is 0 Å². The van der Waals surface area contributed by atoms with Gasteiger partial charge < -0.3 is 20.2 Å². The summed E-state index contributed by atoms with van der Waals surface area (Å²) in [6, 6.07) is 48.3. The molecular formula is C51H43N7O5S4. The van der Waals surface area contributed by atoms with Crippen LogP contribution in [0.25, 0.3) is 0 Å². The van der Waals surface area contributed by atoms with Crippen molar-refractivity contribution in [3.05, 3.63) is 218 Å². The number of aromatic nitrogens is 3. The molecule has 16 heteroatoms. The van der Waals surface area contributed by atoms with E-state index in [0.29, 0.717) is 16.5 Å². The zero-order chi connectivity index (χ0) is 46.3. The summed E-state index contributed by atoms with van der Waals surface area (Å²) in [7, 11) is 1.35. The fourth-order valence-electron chi connectivity index (χ4n) is 8.11. The fourth-order valence-corrected chi connectivity index (χ4v) is 12.1. The van der Waals surface area contributed by atoms with Crippen molar-refractivity contribution in [1.82, 2.24) is 25.4 Å². The van der Waals surface area contributed by atoms with Crippen molar-refractivity contribution in [1.29, 1.82) is 0 Å². The number of hydrogen-bond acceptors (Lipinski definition) is 14. The number of hydrogen-bond donors (Lipinski definition) is 2. The van der Waals surface area contributed by atoms with Gasteiger partial charge in [0.2, 0.25) is 0 Å². The van der Waals surface area contributed by atoms with Crippen LogP contribution in [-0.4, -0.2) is 67.9 Å². The quantitative estimate of drug-likeness (QED) is 0.0238. The number of carbonyl (C=O) groups is 3. The lowest BCUT2D eigenvalue weighted by molar-refractivity contribution is -0.154. The molecular weight excluding hydrogens is 919 g/mol. The average Bonchev–Trinajstić information content (AvgIpc) is 4.02. The van der Waals surface area contributed by atoms with Crippen molar-refractivity contribution in [3.8, 4) is 0 Å². The first-order chi connectivity index (χ1) is 32.7. The van der Waals surface area contributed by atoms with E-state index in [2.05, 4.69) is 62.4 Å². The van der Waals surface area contributed by atoms with Crippen molar-refractivity contribution in [2.75, 3.05) is 18.2 Å². The summed E-state index contributed by atoms with van der Waals surface area (Å²) in [5, 5.41) is 21.6. The minimum atomic E-state index is -0.995. The van der Waals surface area contributed by atoms with Gasteiger partial charge in [-0.2, -0.15) is 0 Å². The first-order valence-corrected chi connectivity index (χ1v) is 24.8. The predicted octanol–water partition coefficient (Wildman–Crippen LogP) is 9.74. The number of thiazole rings is 1. The van der Waals surface area contributed by atoms with E-state index in [9.17, 15) is 14.4 Å². The van der Waals surface area contributed by atoms with E-state index in [1.54, 1.807) is 5.38 Å². The van der Waals surface area contributed by atoms with Crippen LogP contribution in [0.2, 0.25) is 0 Å². The largest absolute Gasteiger partial charge is 0.448 e. The number of amides is 2. The molecule has 9 rings (SSSR count). The SMILES string of the molecule is CO/N=C(/C(=O)NC1C(=O)N2C(C(=O)OC(c3ccccc3)c3ccccc3)=C(/C=C(\C)Sc3nnc(C)s3)CSC12)c1csc(NC(c2ccccc2)(c2ccccc2)c2ccccc2)n1. The van der Waals surface area contributed by atoms with E-state index in [0.717, 1.165) is 42.1 Å². The van der Waals surface area contributed by atoms with Gasteiger partial charge in [-0.3, -0.25) is 14.5 Å². The van der Waals surface area contributed by atoms with Crippen molar-refractivity contribution in [3.63, 3.8) is 0 Å². The Balaban J connectivity index is 0.996. The molecule has 2 unspecified atom stereocenters. The Labute approximate surface area is 404 Å². The molecule has 2 amide bonds. The number of nitrogens with zero attached hydrogens (tertiary/aromatic N) is 5. The second-order valence-corrected chi connectivity index (χ2v) is 20.1. The molecule has 2 atom stereocenters. The van der Waals surface area contributed by atoms with Crippen LogP contribution >= 0.6 is 46.2 Å². The van der Waals surface area contributed by atoms with Gasteiger partial charge in [0.25, 0.3) is 11.8 Å². The van der Waals surface area contributed by atoms with Crippen LogP contribution in [0.1, 0.15) is 51.5 Å².